The zero-order chi connectivity index (χ0) is 28.0. The molecular formula is C34H34N2O4. The first-order chi connectivity index (χ1) is 19.4. The number of anilines is 1. The van der Waals surface area contributed by atoms with Crippen molar-refractivity contribution >= 4 is 17.4 Å². The molecule has 6 nitrogen and oxygen atoms in total. The number of furan rings is 1. The number of amides is 1. The third kappa shape index (κ3) is 3.97. The van der Waals surface area contributed by atoms with Crippen molar-refractivity contribution in [3.63, 3.8) is 0 Å². The molecule has 3 aromatic carbocycles. The molecule has 3 atom stereocenters. The number of aryl methyl sites for hydroxylation is 2. The van der Waals surface area contributed by atoms with Gasteiger partial charge in [-0.1, -0.05) is 42.0 Å². The van der Waals surface area contributed by atoms with Gasteiger partial charge in [-0.05, 0) is 81.4 Å². The van der Waals surface area contributed by atoms with Crippen molar-refractivity contribution in [2.24, 2.45) is 5.92 Å². The Bertz CT molecular complexity index is 1560. The van der Waals surface area contributed by atoms with Crippen LogP contribution in [0.5, 0.6) is 5.75 Å². The highest BCUT2D eigenvalue weighted by molar-refractivity contribution is 6.13. The van der Waals surface area contributed by atoms with E-state index < -0.39 is 11.5 Å². The Kier molecular flexibility index (Phi) is 6.59. The Morgan fingerprint density at radius 3 is 2.52 bits per heavy atom. The molecule has 0 aliphatic carbocycles. The molecule has 1 aromatic heterocycles. The second-order valence-electron chi connectivity index (χ2n) is 10.9. The Morgan fingerprint density at radius 1 is 1.02 bits per heavy atom. The number of ketones is 1. The van der Waals surface area contributed by atoms with Crippen LogP contribution >= 0.6 is 0 Å². The highest BCUT2D eigenvalue weighted by Crippen LogP contribution is 2.57. The predicted molar refractivity (Wildman–Crippen MR) is 155 cm³/mol. The van der Waals surface area contributed by atoms with Gasteiger partial charge in [-0.15, -0.1) is 0 Å². The van der Waals surface area contributed by atoms with Crippen LogP contribution in [0.25, 0.3) is 0 Å². The van der Waals surface area contributed by atoms with Crippen LogP contribution < -0.4 is 9.64 Å². The molecule has 0 radical (unpaired) electrons. The average Bonchev–Trinajstić information content (AvgIpc) is 3.65. The lowest BCUT2D eigenvalue weighted by molar-refractivity contribution is -0.129. The summed E-state index contributed by atoms with van der Waals surface area (Å²) in [7, 11) is 1.96. The van der Waals surface area contributed by atoms with Crippen molar-refractivity contribution in [2.45, 2.75) is 38.8 Å². The topological polar surface area (TPSA) is 63.0 Å². The van der Waals surface area contributed by atoms with Crippen molar-refractivity contribution in [3.05, 3.63) is 119 Å². The molecule has 40 heavy (non-hydrogen) atoms. The van der Waals surface area contributed by atoms with Gasteiger partial charge >= 0.3 is 0 Å². The van der Waals surface area contributed by atoms with Gasteiger partial charge in [0.15, 0.2) is 5.78 Å². The van der Waals surface area contributed by atoms with Gasteiger partial charge < -0.3 is 14.1 Å². The summed E-state index contributed by atoms with van der Waals surface area (Å²) in [4.78, 5) is 33.4. The number of para-hydroxylation sites is 1. The van der Waals surface area contributed by atoms with E-state index in [1.54, 1.807) is 18.4 Å². The van der Waals surface area contributed by atoms with Crippen molar-refractivity contribution in [1.82, 2.24) is 4.90 Å². The van der Waals surface area contributed by atoms with Crippen LogP contribution in [0.4, 0.5) is 5.69 Å². The summed E-state index contributed by atoms with van der Waals surface area (Å²) in [6.45, 7) is 7.56. The molecule has 0 unspecified atom stereocenters. The standard InChI is InChI=1S/C34H34N2O4/c1-5-39-26-16-14-24(15-17-26)32(37)31-27(30-11-8-18-40-30)21-35(4)34(31)28-9-6-7-10-29(28)36(33(34)38)20-25-19-22(2)12-13-23(25)3/h6-19,27,31H,5,20-21H2,1-4H3/t27-,31-,34-/m0/s1. The molecular weight excluding hydrogens is 500 g/mol. The van der Waals surface area contributed by atoms with E-state index in [-0.39, 0.29) is 17.6 Å². The number of hydrogen-bond acceptors (Lipinski definition) is 5. The van der Waals surface area contributed by atoms with E-state index in [0.29, 0.717) is 36.8 Å². The molecule has 1 spiro atoms. The fraction of sp³-hybridized carbons (Fsp3) is 0.294. The van der Waals surface area contributed by atoms with Crippen LogP contribution in [0.2, 0.25) is 0 Å². The third-order valence-corrected chi connectivity index (χ3v) is 8.58. The molecule has 1 saturated heterocycles. The van der Waals surface area contributed by atoms with Gasteiger partial charge in [0.05, 0.1) is 25.3 Å². The number of hydrogen-bond donors (Lipinski definition) is 0. The minimum atomic E-state index is -1.17. The molecule has 204 valence electrons. The second-order valence-corrected chi connectivity index (χ2v) is 10.9. The van der Waals surface area contributed by atoms with Crippen LogP contribution in [0.1, 0.15) is 51.2 Å². The summed E-state index contributed by atoms with van der Waals surface area (Å²) in [6, 6.07) is 25.3. The first-order valence-corrected chi connectivity index (χ1v) is 13.9. The van der Waals surface area contributed by atoms with Crippen molar-refractivity contribution < 1.29 is 18.7 Å². The van der Waals surface area contributed by atoms with E-state index in [1.807, 2.05) is 67.4 Å². The maximum absolute atomic E-state index is 14.9. The quantitative estimate of drug-likeness (QED) is 0.262. The van der Waals surface area contributed by atoms with E-state index in [0.717, 1.165) is 27.9 Å². The zero-order valence-electron chi connectivity index (χ0n) is 23.4. The molecule has 0 saturated carbocycles. The Balaban J connectivity index is 1.50. The molecule has 6 heteroatoms. The first-order valence-electron chi connectivity index (χ1n) is 13.9. The Labute approximate surface area is 235 Å². The molecule has 2 aliphatic heterocycles. The van der Waals surface area contributed by atoms with Gasteiger partial charge in [0.1, 0.15) is 17.0 Å². The molecule has 0 bridgehead atoms. The maximum Gasteiger partial charge on any atom is 0.253 e. The molecule has 0 N–H and O–H groups in total. The summed E-state index contributed by atoms with van der Waals surface area (Å²) >= 11 is 0. The van der Waals surface area contributed by atoms with Crippen LogP contribution in [0, 0.1) is 19.8 Å². The van der Waals surface area contributed by atoms with Gasteiger partial charge in [-0.2, -0.15) is 0 Å². The van der Waals surface area contributed by atoms with E-state index >= 15 is 0 Å². The number of likely N-dealkylation sites (N-methyl/N-ethyl adjacent to an activating group) is 1. The number of rotatable bonds is 7. The molecule has 4 aromatic rings. The van der Waals surface area contributed by atoms with Gasteiger partial charge in [0.2, 0.25) is 0 Å². The summed E-state index contributed by atoms with van der Waals surface area (Å²) in [6.07, 6.45) is 1.63. The van der Waals surface area contributed by atoms with E-state index in [4.69, 9.17) is 9.15 Å². The lowest BCUT2D eigenvalue weighted by Gasteiger charge is -2.36. The number of benzene rings is 3. The fourth-order valence-corrected chi connectivity index (χ4v) is 6.69. The van der Waals surface area contributed by atoms with Crippen LogP contribution in [-0.2, 0) is 16.9 Å². The van der Waals surface area contributed by atoms with Gasteiger partial charge in [0, 0.05) is 29.3 Å². The molecule has 1 amide bonds. The number of Topliss-reactive ketones (excluding diaryl/α,β-unsaturated/α-hetero) is 1. The van der Waals surface area contributed by atoms with E-state index in [2.05, 4.69) is 36.9 Å². The van der Waals surface area contributed by atoms with Crippen LogP contribution in [0.15, 0.2) is 89.5 Å². The number of likely N-dealkylation sites (tertiary alicyclic amines) is 1. The lowest BCUT2D eigenvalue weighted by Crippen LogP contribution is -2.53. The normalized spacial score (nSPS) is 22.2. The van der Waals surface area contributed by atoms with Crippen molar-refractivity contribution in [1.29, 1.82) is 0 Å². The highest BCUT2D eigenvalue weighted by Gasteiger charge is 2.66. The molecule has 1 fully saturated rings. The largest absolute Gasteiger partial charge is 0.494 e. The van der Waals surface area contributed by atoms with Crippen molar-refractivity contribution in [2.75, 3.05) is 25.1 Å². The molecule has 3 heterocycles. The number of nitrogens with zero attached hydrogens (tertiary/aromatic N) is 2. The molecule has 6 rings (SSSR count). The SMILES string of the molecule is CCOc1ccc(C(=O)[C@@H]2[C@H](c3ccco3)CN(C)[C@]23C(=O)N(Cc2cc(C)ccc2C)c2ccccc23)cc1. The van der Waals surface area contributed by atoms with Gasteiger partial charge in [-0.3, -0.25) is 14.5 Å². The van der Waals surface area contributed by atoms with E-state index in [1.165, 1.54) is 0 Å². The highest BCUT2D eigenvalue weighted by atomic mass is 16.5. The lowest BCUT2D eigenvalue weighted by atomic mass is 9.71. The summed E-state index contributed by atoms with van der Waals surface area (Å²) < 4.78 is 11.5. The van der Waals surface area contributed by atoms with Gasteiger partial charge in [-0.25, -0.2) is 0 Å². The molecule has 2 aliphatic rings. The monoisotopic (exact) mass is 534 g/mol. The predicted octanol–water partition coefficient (Wildman–Crippen LogP) is 6.27. The smallest absolute Gasteiger partial charge is 0.253 e. The Morgan fingerprint density at radius 2 is 1.80 bits per heavy atom. The maximum atomic E-state index is 14.9. The third-order valence-electron chi connectivity index (χ3n) is 8.58. The first kappa shape index (κ1) is 26.1. The average molecular weight is 535 g/mol. The summed E-state index contributed by atoms with van der Waals surface area (Å²) in [5.74, 6) is 0.296. The van der Waals surface area contributed by atoms with Gasteiger partial charge in [0.25, 0.3) is 5.91 Å². The van der Waals surface area contributed by atoms with Crippen molar-refractivity contribution in [3.8, 4) is 5.75 Å². The summed E-state index contributed by atoms with van der Waals surface area (Å²) in [5, 5.41) is 0. The number of carbonyl (C=O) groups is 2. The van der Waals surface area contributed by atoms with E-state index in [9.17, 15) is 9.59 Å². The van der Waals surface area contributed by atoms with Crippen LogP contribution in [-0.4, -0.2) is 36.8 Å². The zero-order valence-corrected chi connectivity index (χ0v) is 23.4. The minimum absolute atomic E-state index is 0.0737. The Hall–Kier alpha value is -4.16. The number of carbonyl (C=O) groups excluding carboxylic acids is 2. The van der Waals surface area contributed by atoms with Crippen LogP contribution in [0.3, 0.4) is 0 Å². The summed E-state index contributed by atoms with van der Waals surface area (Å²) in [5.41, 5.74) is 4.48. The number of ether oxygens (including phenoxy) is 1. The minimum Gasteiger partial charge on any atom is -0.494 e. The second kappa shape index (κ2) is 10.1. The fourth-order valence-electron chi connectivity index (χ4n) is 6.69. The number of fused-ring (bicyclic) bond motifs is 2.